The molecule has 0 spiro atoms. The molecule has 0 saturated carbocycles. The number of carbonyl (C=O) groups is 2. The van der Waals surface area contributed by atoms with Crippen molar-refractivity contribution in [2.24, 2.45) is 0 Å². The number of benzene rings is 2. The third kappa shape index (κ3) is 4.47. The van der Waals surface area contributed by atoms with Gasteiger partial charge in [-0.15, -0.1) is 0 Å². The number of carbonyl (C=O) groups excluding carboxylic acids is 2. The van der Waals surface area contributed by atoms with Crippen LogP contribution in [0.3, 0.4) is 0 Å². The molecule has 2 aromatic carbocycles. The lowest BCUT2D eigenvalue weighted by Crippen LogP contribution is -2.13. The minimum atomic E-state index is -0.588. The number of hydrogen-bond acceptors (Lipinski definition) is 6. The monoisotopic (exact) mass is 316 g/mol. The molecule has 2 aromatic rings. The van der Waals surface area contributed by atoms with E-state index >= 15 is 0 Å². The van der Waals surface area contributed by atoms with Crippen LogP contribution < -0.4 is 9.47 Å². The zero-order valence-electron chi connectivity index (χ0n) is 12.8. The molecule has 0 radical (unpaired) electrons. The number of rotatable bonds is 6. The average molecular weight is 316 g/mol. The first kappa shape index (κ1) is 16.4. The quantitative estimate of drug-likeness (QED) is 0.603. The topological polar surface area (TPSA) is 71.1 Å². The SMILES string of the molecule is COc1ccc(C(=O)OCOC(=O)c2ccc(OC)cc2)cc1. The molecule has 120 valence electrons. The van der Waals surface area contributed by atoms with Crippen LogP contribution in [0.5, 0.6) is 11.5 Å². The second kappa shape index (κ2) is 7.84. The maximum Gasteiger partial charge on any atom is 0.341 e. The molecule has 2 rings (SSSR count). The third-order valence-corrected chi connectivity index (χ3v) is 3.03. The van der Waals surface area contributed by atoms with Gasteiger partial charge >= 0.3 is 11.9 Å². The van der Waals surface area contributed by atoms with Crippen molar-refractivity contribution < 1.29 is 28.5 Å². The third-order valence-electron chi connectivity index (χ3n) is 3.03. The molecule has 0 heterocycles. The first-order chi connectivity index (χ1) is 11.1. The highest BCUT2D eigenvalue weighted by atomic mass is 16.7. The molecule has 0 fully saturated rings. The van der Waals surface area contributed by atoms with E-state index in [1.807, 2.05) is 0 Å². The second-order valence-electron chi connectivity index (χ2n) is 4.44. The lowest BCUT2D eigenvalue weighted by Gasteiger charge is -2.07. The standard InChI is InChI=1S/C17H16O6/c1-20-14-7-3-12(4-8-14)16(18)22-11-23-17(19)13-5-9-15(21-2)10-6-13/h3-10H,11H2,1-2H3. The fraction of sp³-hybridized carbons (Fsp3) is 0.176. The highest BCUT2D eigenvalue weighted by molar-refractivity contribution is 5.90. The van der Waals surface area contributed by atoms with E-state index in [0.717, 1.165) is 0 Å². The van der Waals surface area contributed by atoms with E-state index in [2.05, 4.69) is 0 Å². The Hall–Kier alpha value is -3.02. The summed E-state index contributed by atoms with van der Waals surface area (Å²) in [5.41, 5.74) is 0.678. The minimum absolute atomic E-state index is 0.339. The summed E-state index contributed by atoms with van der Waals surface area (Å²) in [5, 5.41) is 0. The van der Waals surface area contributed by atoms with Crippen molar-refractivity contribution in [2.75, 3.05) is 21.0 Å². The van der Waals surface area contributed by atoms with Gasteiger partial charge in [0.15, 0.2) is 0 Å². The van der Waals surface area contributed by atoms with Gasteiger partial charge in [0, 0.05) is 0 Å². The van der Waals surface area contributed by atoms with Crippen LogP contribution in [0.15, 0.2) is 48.5 Å². The van der Waals surface area contributed by atoms with Crippen molar-refractivity contribution in [3.8, 4) is 11.5 Å². The zero-order chi connectivity index (χ0) is 16.7. The molecule has 0 aliphatic rings. The van der Waals surface area contributed by atoms with Crippen LogP contribution in [0, 0.1) is 0 Å². The Kier molecular flexibility index (Phi) is 5.57. The fourth-order valence-corrected chi connectivity index (χ4v) is 1.76. The van der Waals surface area contributed by atoms with Gasteiger partial charge in [0.1, 0.15) is 11.5 Å². The van der Waals surface area contributed by atoms with Gasteiger partial charge in [0.2, 0.25) is 6.79 Å². The highest BCUT2D eigenvalue weighted by Gasteiger charge is 2.10. The molecule has 23 heavy (non-hydrogen) atoms. The van der Waals surface area contributed by atoms with Gasteiger partial charge in [-0.05, 0) is 48.5 Å². The van der Waals surface area contributed by atoms with Gasteiger partial charge in [-0.2, -0.15) is 0 Å². The van der Waals surface area contributed by atoms with Gasteiger partial charge in [0.05, 0.1) is 25.3 Å². The largest absolute Gasteiger partial charge is 0.497 e. The van der Waals surface area contributed by atoms with Crippen LogP contribution in [-0.4, -0.2) is 33.0 Å². The summed E-state index contributed by atoms with van der Waals surface area (Å²) in [4.78, 5) is 23.5. The van der Waals surface area contributed by atoms with E-state index in [9.17, 15) is 9.59 Å². The molecule has 0 aliphatic heterocycles. The van der Waals surface area contributed by atoms with Crippen LogP contribution in [0.1, 0.15) is 20.7 Å². The maximum absolute atomic E-state index is 11.8. The van der Waals surface area contributed by atoms with Crippen molar-refractivity contribution in [1.82, 2.24) is 0 Å². The van der Waals surface area contributed by atoms with E-state index in [1.165, 1.54) is 14.2 Å². The van der Waals surface area contributed by atoms with Crippen molar-refractivity contribution in [3.63, 3.8) is 0 Å². The number of ether oxygens (including phenoxy) is 4. The van der Waals surface area contributed by atoms with Crippen molar-refractivity contribution >= 4 is 11.9 Å². The van der Waals surface area contributed by atoms with Crippen LogP contribution in [0.4, 0.5) is 0 Å². The van der Waals surface area contributed by atoms with E-state index in [4.69, 9.17) is 18.9 Å². The Morgan fingerprint density at radius 1 is 0.696 bits per heavy atom. The molecule has 0 atom stereocenters. The van der Waals surface area contributed by atoms with Gasteiger partial charge < -0.3 is 18.9 Å². The average Bonchev–Trinajstić information content (AvgIpc) is 2.61. The Bertz CT molecular complexity index is 601. The molecule has 0 saturated heterocycles. The highest BCUT2D eigenvalue weighted by Crippen LogP contribution is 2.13. The van der Waals surface area contributed by atoms with Crippen molar-refractivity contribution in [2.45, 2.75) is 0 Å². The summed E-state index contributed by atoms with van der Waals surface area (Å²) in [6.07, 6.45) is 0. The molecule has 0 amide bonds. The Labute approximate surface area is 133 Å². The zero-order valence-corrected chi connectivity index (χ0v) is 12.8. The van der Waals surface area contributed by atoms with Crippen LogP contribution >= 0.6 is 0 Å². The van der Waals surface area contributed by atoms with E-state index in [0.29, 0.717) is 22.6 Å². The summed E-state index contributed by atoms with van der Waals surface area (Å²) in [5.74, 6) is 0.0883. The summed E-state index contributed by atoms with van der Waals surface area (Å²) in [6, 6.07) is 12.8. The van der Waals surface area contributed by atoms with Gasteiger partial charge in [0.25, 0.3) is 0 Å². The van der Waals surface area contributed by atoms with Crippen LogP contribution in [-0.2, 0) is 9.47 Å². The Morgan fingerprint density at radius 2 is 1.04 bits per heavy atom. The second-order valence-corrected chi connectivity index (χ2v) is 4.44. The first-order valence-electron chi connectivity index (χ1n) is 6.76. The predicted molar refractivity (Wildman–Crippen MR) is 81.7 cm³/mol. The molecule has 0 bridgehead atoms. The summed E-state index contributed by atoms with van der Waals surface area (Å²) in [6.45, 7) is -0.463. The summed E-state index contributed by atoms with van der Waals surface area (Å²) in [7, 11) is 3.07. The van der Waals surface area contributed by atoms with E-state index in [-0.39, 0.29) is 0 Å². The molecule has 0 unspecified atom stereocenters. The predicted octanol–water partition coefficient (Wildman–Crippen LogP) is 2.68. The van der Waals surface area contributed by atoms with Gasteiger partial charge in [-0.3, -0.25) is 0 Å². The van der Waals surface area contributed by atoms with Crippen molar-refractivity contribution in [1.29, 1.82) is 0 Å². The van der Waals surface area contributed by atoms with E-state index in [1.54, 1.807) is 48.5 Å². The summed E-state index contributed by atoms with van der Waals surface area (Å²) < 4.78 is 19.8. The van der Waals surface area contributed by atoms with Crippen LogP contribution in [0.25, 0.3) is 0 Å². The summed E-state index contributed by atoms with van der Waals surface area (Å²) >= 11 is 0. The molecule has 0 N–H and O–H groups in total. The first-order valence-corrected chi connectivity index (χ1v) is 6.76. The van der Waals surface area contributed by atoms with Gasteiger partial charge in [-0.25, -0.2) is 9.59 Å². The fourth-order valence-electron chi connectivity index (χ4n) is 1.76. The molecular formula is C17H16O6. The maximum atomic E-state index is 11.8. The molecule has 6 nitrogen and oxygen atoms in total. The molecule has 0 aromatic heterocycles. The smallest absolute Gasteiger partial charge is 0.341 e. The lowest BCUT2D eigenvalue weighted by atomic mass is 10.2. The van der Waals surface area contributed by atoms with Crippen LogP contribution in [0.2, 0.25) is 0 Å². The Morgan fingerprint density at radius 3 is 1.35 bits per heavy atom. The normalized spacial score (nSPS) is 9.83. The van der Waals surface area contributed by atoms with Gasteiger partial charge in [-0.1, -0.05) is 0 Å². The number of methoxy groups -OCH3 is 2. The van der Waals surface area contributed by atoms with Crippen molar-refractivity contribution in [3.05, 3.63) is 59.7 Å². The minimum Gasteiger partial charge on any atom is -0.497 e. The number of hydrogen-bond donors (Lipinski definition) is 0. The lowest BCUT2D eigenvalue weighted by molar-refractivity contribution is -0.0167. The Balaban J connectivity index is 1.83. The molecule has 0 aliphatic carbocycles. The van der Waals surface area contributed by atoms with E-state index < -0.39 is 18.7 Å². The molecular weight excluding hydrogens is 300 g/mol. The number of esters is 2. The molecule has 6 heteroatoms.